The molecule has 0 atom stereocenters. The van der Waals surface area contributed by atoms with Gasteiger partial charge in [0.25, 0.3) is 0 Å². The van der Waals surface area contributed by atoms with Crippen LogP contribution in [0.2, 0.25) is 0 Å². The Labute approximate surface area is 109 Å². The summed E-state index contributed by atoms with van der Waals surface area (Å²) in [5.74, 6) is 1.37. The van der Waals surface area contributed by atoms with E-state index in [1.165, 1.54) is 5.56 Å². The molecule has 2 aromatic rings. The van der Waals surface area contributed by atoms with Crippen LogP contribution < -0.4 is 5.32 Å². The van der Waals surface area contributed by atoms with Gasteiger partial charge in [-0.25, -0.2) is 0 Å². The minimum absolute atomic E-state index is 0.684. The summed E-state index contributed by atoms with van der Waals surface area (Å²) >= 11 is 3.45. The lowest BCUT2D eigenvalue weighted by atomic mass is 10.2. The van der Waals surface area contributed by atoms with Crippen molar-refractivity contribution in [3.8, 4) is 0 Å². The zero-order valence-corrected chi connectivity index (χ0v) is 11.2. The lowest BCUT2D eigenvalue weighted by molar-refractivity contribution is 0.372. The van der Waals surface area contributed by atoms with Gasteiger partial charge in [0.15, 0.2) is 5.82 Å². The van der Waals surface area contributed by atoms with Crippen LogP contribution in [0.5, 0.6) is 0 Å². The molecule has 0 radical (unpaired) electrons. The van der Waals surface area contributed by atoms with Gasteiger partial charge in [0.05, 0.1) is 0 Å². The Balaban J connectivity index is 1.73. The SMILES string of the molecule is Cc1noc(CCNCc2cccc(Br)c2)n1. The summed E-state index contributed by atoms with van der Waals surface area (Å²) in [5.41, 5.74) is 1.25. The highest BCUT2D eigenvalue weighted by Crippen LogP contribution is 2.11. The zero-order chi connectivity index (χ0) is 12.1. The van der Waals surface area contributed by atoms with Crippen LogP contribution in [0.25, 0.3) is 0 Å². The van der Waals surface area contributed by atoms with Gasteiger partial charge in [0, 0.05) is 24.0 Å². The smallest absolute Gasteiger partial charge is 0.227 e. The molecule has 17 heavy (non-hydrogen) atoms. The minimum atomic E-state index is 0.684. The molecule has 0 saturated heterocycles. The number of halogens is 1. The first-order valence-electron chi connectivity index (χ1n) is 5.48. The molecule has 0 amide bonds. The van der Waals surface area contributed by atoms with Crippen molar-refractivity contribution >= 4 is 15.9 Å². The van der Waals surface area contributed by atoms with Gasteiger partial charge in [0.1, 0.15) is 0 Å². The van der Waals surface area contributed by atoms with E-state index in [0.29, 0.717) is 11.7 Å². The second-order valence-corrected chi connectivity index (χ2v) is 4.71. The highest BCUT2D eigenvalue weighted by molar-refractivity contribution is 9.10. The summed E-state index contributed by atoms with van der Waals surface area (Å²) in [4.78, 5) is 4.14. The lowest BCUT2D eigenvalue weighted by Crippen LogP contribution is -2.16. The van der Waals surface area contributed by atoms with Gasteiger partial charge in [-0.2, -0.15) is 4.98 Å². The van der Waals surface area contributed by atoms with E-state index in [0.717, 1.165) is 24.0 Å². The van der Waals surface area contributed by atoms with Gasteiger partial charge in [-0.3, -0.25) is 0 Å². The number of aryl methyl sites for hydroxylation is 1. The van der Waals surface area contributed by atoms with Gasteiger partial charge in [-0.05, 0) is 24.6 Å². The molecule has 1 heterocycles. The number of benzene rings is 1. The maximum atomic E-state index is 5.03. The fourth-order valence-electron chi connectivity index (χ4n) is 1.52. The molecule has 0 aliphatic carbocycles. The average Bonchev–Trinajstić information content (AvgIpc) is 2.71. The molecule has 4 nitrogen and oxygen atoms in total. The molecule has 0 unspecified atom stereocenters. The van der Waals surface area contributed by atoms with E-state index in [1.807, 2.05) is 19.1 Å². The predicted octanol–water partition coefficient (Wildman–Crippen LogP) is 2.47. The van der Waals surface area contributed by atoms with Gasteiger partial charge in [0.2, 0.25) is 5.89 Å². The zero-order valence-electron chi connectivity index (χ0n) is 9.61. The molecule has 0 saturated carbocycles. The summed E-state index contributed by atoms with van der Waals surface area (Å²) in [7, 11) is 0. The number of rotatable bonds is 5. The molecule has 2 rings (SSSR count). The van der Waals surface area contributed by atoms with Crippen molar-refractivity contribution in [3.63, 3.8) is 0 Å². The van der Waals surface area contributed by atoms with E-state index >= 15 is 0 Å². The Morgan fingerprint density at radius 1 is 1.41 bits per heavy atom. The first kappa shape index (κ1) is 12.3. The number of nitrogens with one attached hydrogen (secondary N) is 1. The molecule has 0 spiro atoms. The van der Waals surface area contributed by atoms with E-state index in [1.54, 1.807) is 0 Å². The van der Waals surface area contributed by atoms with Gasteiger partial charge < -0.3 is 9.84 Å². The molecule has 1 aromatic carbocycles. The third-order valence-corrected chi connectivity index (χ3v) is 2.80. The Hall–Kier alpha value is -1.20. The van der Waals surface area contributed by atoms with Crippen LogP contribution >= 0.6 is 15.9 Å². The molecule has 1 N–H and O–H groups in total. The summed E-state index contributed by atoms with van der Waals surface area (Å²) in [6.07, 6.45) is 0.759. The predicted molar refractivity (Wildman–Crippen MR) is 68.6 cm³/mol. The fraction of sp³-hybridized carbons (Fsp3) is 0.333. The highest BCUT2D eigenvalue weighted by atomic mass is 79.9. The summed E-state index contributed by atoms with van der Waals surface area (Å²) < 4.78 is 6.13. The fourth-order valence-corrected chi connectivity index (χ4v) is 1.96. The third kappa shape index (κ3) is 3.94. The molecular weight excluding hydrogens is 282 g/mol. The molecule has 0 aliphatic heterocycles. The van der Waals surface area contributed by atoms with Crippen molar-refractivity contribution in [2.45, 2.75) is 19.9 Å². The molecule has 0 aliphatic rings. The van der Waals surface area contributed by atoms with E-state index in [9.17, 15) is 0 Å². The minimum Gasteiger partial charge on any atom is -0.339 e. The number of nitrogens with zero attached hydrogens (tertiary/aromatic N) is 2. The second-order valence-electron chi connectivity index (χ2n) is 3.79. The summed E-state index contributed by atoms with van der Waals surface area (Å²) in [6, 6.07) is 8.24. The van der Waals surface area contributed by atoms with Gasteiger partial charge in [-0.15, -0.1) is 0 Å². The van der Waals surface area contributed by atoms with Crippen LogP contribution in [0, 0.1) is 6.92 Å². The summed E-state index contributed by atoms with van der Waals surface area (Å²) in [6.45, 7) is 3.49. The Morgan fingerprint density at radius 3 is 3.00 bits per heavy atom. The van der Waals surface area contributed by atoms with Crippen LogP contribution in [0.1, 0.15) is 17.3 Å². The molecule has 90 valence electrons. The number of hydrogen-bond donors (Lipinski definition) is 1. The normalized spacial score (nSPS) is 10.7. The molecule has 0 fully saturated rings. The third-order valence-electron chi connectivity index (χ3n) is 2.30. The van der Waals surface area contributed by atoms with Crippen LogP contribution in [-0.2, 0) is 13.0 Å². The maximum Gasteiger partial charge on any atom is 0.227 e. The van der Waals surface area contributed by atoms with Crippen molar-refractivity contribution in [2.24, 2.45) is 0 Å². The van der Waals surface area contributed by atoms with Crippen LogP contribution in [0.15, 0.2) is 33.3 Å². The van der Waals surface area contributed by atoms with E-state index in [2.05, 4.69) is 43.5 Å². The highest BCUT2D eigenvalue weighted by Gasteiger charge is 2.01. The van der Waals surface area contributed by atoms with Gasteiger partial charge >= 0.3 is 0 Å². The van der Waals surface area contributed by atoms with Crippen LogP contribution in [0.4, 0.5) is 0 Å². The van der Waals surface area contributed by atoms with Crippen LogP contribution in [-0.4, -0.2) is 16.7 Å². The van der Waals surface area contributed by atoms with Crippen molar-refractivity contribution < 1.29 is 4.52 Å². The second kappa shape index (κ2) is 5.93. The Kier molecular flexibility index (Phi) is 4.28. The lowest BCUT2D eigenvalue weighted by Gasteiger charge is -2.03. The average molecular weight is 296 g/mol. The Bertz CT molecular complexity index is 484. The topological polar surface area (TPSA) is 51.0 Å². The van der Waals surface area contributed by atoms with Crippen molar-refractivity contribution in [1.82, 2.24) is 15.5 Å². The van der Waals surface area contributed by atoms with Crippen molar-refractivity contribution in [2.75, 3.05) is 6.54 Å². The maximum absolute atomic E-state index is 5.03. The summed E-state index contributed by atoms with van der Waals surface area (Å²) in [5, 5.41) is 7.08. The van der Waals surface area contributed by atoms with Gasteiger partial charge in [-0.1, -0.05) is 33.2 Å². The monoisotopic (exact) mass is 295 g/mol. The Morgan fingerprint density at radius 2 is 2.29 bits per heavy atom. The van der Waals surface area contributed by atoms with E-state index in [4.69, 9.17) is 4.52 Å². The van der Waals surface area contributed by atoms with E-state index < -0.39 is 0 Å². The number of hydrogen-bond acceptors (Lipinski definition) is 4. The molecule has 5 heteroatoms. The van der Waals surface area contributed by atoms with Crippen molar-refractivity contribution in [3.05, 3.63) is 46.0 Å². The standard InChI is InChI=1S/C12H14BrN3O/c1-9-15-12(17-16-9)5-6-14-8-10-3-2-4-11(13)7-10/h2-4,7,14H,5-6,8H2,1H3. The van der Waals surface area contributed by atoms with Crippen LogP contribution in [0.3, 0.4) is 0 Å². The molecule has 0 bridgehead atoms. The van der Waals surface area contributed by atoms with Crippen molar-refractivity contribution in [1.29, 1.82) is 0 Å². The first-order valence-corrected chi connectivity index (χ1v) is 6.28. The molecule has 1 aromatic heterocycles. The first-order chi connectivity index (χ1) is 8.24. The largest absolute Gasteiger partial charge is 0.339 e. The number of aromatic nitrogens is 2. The van der Waals surface area contributed by atoms with E-state index in [-0.39, 0.29) is 0 Å². The quantitative estimate of drug-likeness (QED) is 0.861. The molecular formula is C12H14BrN3O.